The van der Waals surface area contributed by atoms with Crippen LogP contribution in [0.3, 0.4) is 0 Å². The molecule has 1 aromatic heterocycles. The Morgan fingerprint density at radius 3 is 2.92 bits per heavy atom. The quantitative estimate of drug-likeness (QED) is 0.645. The Morgan fingerprint density at radius 2 is 2.23 bits per heavy atom. The zero-order chi connectivity index (χ0) is 18.5. The van der Waals surface area contributed by atoms with Crippen LogP contribution in [0.4, 0.5) is 5.69 Å². The van der Waals surface area contributed by atoms with Crippen LogP contribution in [0, 0.1) is 5.92 Å². The third-order valence-corrected chi connectivity index (χ3v) is 4.92. The van der Waals surface area contributed by atoms with E-state index >= 15 is 0 Å². The van der Waals surface area contributed by atoms with Gasteiger partial charge < -0.3 is 19.0 Å². The minimum absolute atomic E-state index is 0.157. The fourth-order valence-corrected chi connectivity index (χ4v) is 3.48. The van der Waals surface area contributed by atoms with Crippen LogP contribution in [-0.2, 0) is 20.9 Å². The van der Waals surface area contributed by atoms with Crippen molar-refractivity contribution < 1.29 is 18.7 Å². The monoisotopic (exact) mass is 420 g/mol. The van der Waals surface area contributed by atoms with Crippen LogP contribution in [-0.4, -0.2) is 43.5 Å². The van der Waals surface area contributed by atoms with Crippen LogP contribution in [0.15, 0.2) is 51.6 Å². The second-order valence-corrected chi connectivity index (χ2v) is 7.06. The number of hydrogen-bond donors (Lipinski definition) is 0. The minimum Gasteiger partial charge on any atom is -0.467 e. The summed E-state index contributed by atoms with van der Waals surface area (Å²) in [5, 5.41) is 0. The molecule has 0 bridgehead atoms. The van der Waals surface area contributed by atoms with Gasteiger partial charge in [-0.05, 0) is 36.8 Å². The molecule has 3 rings (SSSR count). The highest BCUT2D eigenvalue weighted by Crippen LogP contribution is 2.28. The summed E-state index contributed by atoms with van der Waals surface area (Å²) in [5.41, 5.74) is 0.800. The number of carbonyl (C=O) groups excluding carboxylic acids is 2. The van der Waals surface area contributed by atoms with E-state index in [1.54, 1.807) is 29.2 Å². The number of carbonyl (C=O) groups is 2. The largest absolute Gasteiger partial charge is 0.467 e. The van der Waals surface area contributed by atoms with E-state index < -0.39 is 5.92 Å². The van der Waals surface area contributed by atoms with E-state index in [2.05, 4.69) is 15.9 Å². The molecule has 0 N–H and O–H groups in total. The summed E-state index contributed by atoms with van der Waals surface area (Å²) in [4.78, 5) is 29.2. The lowest BCUT2D eigenvalue weighted by atomic mass is 10.1. The number of amides is 2. The molecule has 1 aliphatic rings. The molecular weight excluding hydrogens is 400 g/mol. The summed E-state index contributed by atoms with van der Waals surface area (Å²) < 4.78 is 11.4. The molecule has 2 aromatic rings. The molecule has 0 spiro atoms. The Labute approximate surface area is 160 Å². The summed E-state index contributed by atoms with van der Waals surface area (Å²) in [6.45, 7) is 1.68. The predicted octanol–water partition coefficient (Wildman–Crippen LogP) is 3.07. The van der Waals surface area contributed by atoms with Gasteiger partial charge in [-0.25, -0.2) is 0 Å². The molecule has 0 aliphatic carbocycles. The van der Waals surface area contributed by atoms with E-state index in [1.165, 1.54) is 0 Å². The summed E-state index contributed by atoms with van der Waals surface area (Å²) in [5.74, 6) is -0.319. The van der Waals surface area contributed by atoms with Gasteiger partial charge in [0.2, 0.25) is 11.8 Å². The van der Waals surface area contributed by atoms with Crippen LogP contribution in [0.1, 0.15) is 12.2 Å². The maximum Gasteiger partial charge on any atom is 0.239 e. The maximum absolute atomic E-state index is 13.0. The fraction of sp³-hybridized carbons (Fsp3) is 0.368. The second kappa shape index (κ2) is 8.51. The Kier molecular flexibility index (Phi) is 6.11. The van der Waals surface area contributed by atoms with Crippen LogP contribution in [0.25, 0.3) is 0 Å². The first-order chi connectivity index (χ1) is 12.6. The summed E-state index contributed by atoms with van der Waals surface area (Å²) >= 11 is 3.42. The van der Waals surface area contributed by atoms with Crippen molar-refractivity contribution in [3.8, 4) is 0 Å². The van der Waals surface area contributed by atoms with E-state index in [0.717, 1.165) is 10.2 Å². The van der Waals surface area contributed by atoms with E-state index in [9.17, 15) is 9.59 Å². The first-order valence-corrected chi connectivity index (χ1v) is 9.26. The van der Waals surface area contributed by atoms with Crippen LogP contribution in [0.5, 0.6) is 0 Å². The minimum atomic E-state index is -0.666. The molecule has 1 aliphatic heterocycles. The van der Waals surface area contributed by atoms with Crippen molar-refractivity contribution in [2.45, 2.75) is 13.0 Å². The first kappa shape index (κ1) is 18.7. The highest BCUT2D eigenvalue weighted by molar-refractivity contribution is 9.10. The smallest absolute Gasteiger partial charge is 0.239 e. The summed E-state index contributed by atoms with van der Waals surface area (Å²) in [7, 11) is 1.59. The van der Waals surface area contributed by atoms with Gasteiger partial charge in [-0.2, -0.15) is 0 Å². The van der Waals surface area contributed by atoms with E-state index in [-0.39, 0.29) is 11.8 Å². The molecule has 7 heteroatoms. The Bertz CT molecular complexity index is 763. The average molecular weight is 421 g/mol. The van der Waals surface area contributed by atoms with Gasteiger partial charge in [-0.15, -0.1) is 0 Å². The van der Waals surface area contributed by atoms with E-state index in [0.29, 0.717) is 38.4 Å². The molecule has 1 fully saturated rings. The van der Waals surface area contributed by atoms with Crippen molar-refractivity contribution in [1.29, 1.82) is 0 Å². The molecular formula is C19H21BrN2O4. The van der Waals surface area contributed by atoms with Crippen LogP contribution >= 0.6 is 15.9 Å². The van der Waals surface area contributed by atoms with Gasteiger partial charge in [-0.1, -0.05) is 22.0 Å². The van der Waals surface area contributed by atoms with Gasteiger partial charge >= 0.3 is 0 Å². The molecule has 1 saturated heterocycles. The molecule has 0 saturated carbocycles. The Balaban J connectivity index is 1.73. The standard InChI is InChI=1S/C19H21BrN2O4/c1-25-11-9-21(13-16-6-3-10-26-16)18(23)17-7-8-22(19(17)24)15-5-2-4-14(20)12-15/h2-6,10,12,17H,7-9,11,13H2,1H3. The van der Waals surface area contributed by atoms with Crippen molar-refractivity contribution in [2.75, 3.05) is 31.7 Å². The van der Waals surface area contributed by atoms with Gasteiger partial charge in [0.1, 0.15) is 11.7 Å². The number of methoxy groups -OCH3 is 1. The molecule has 2 heterocycles. The SMILES string of the molecule is COCCN(Cc1ccco1)C(=O)C1CCN(c2cccc(Br)c2)C1=O. The molecule has 26 heavy (non-hydrogen) atoms. The fourth-order valence-electron chi connectivity index (χ4n) is 3.09. The number of anilines is 1. The number of furan rings is 1. The van der Waals surface area contributed by atoms with Crippen LogP contribution < -0.4 is 4.90 Å². The zero-order valence-electron chi connectivity index (χ0n) is 14.6. The predicted molar refractivity (Wildman–Crippen MR) is 101 cm³/mol. The van der Waals surface area contributed by atoms with Crippen molar-refractivity contribution >= 4 is 33.4 Å². The van der Waals surface area contributed by atoms with Crippen molar-refractivity contribution in [3.63, 3.8) is 0 Å². The molecule has 6 nitrogen and oxygen atoms in total. The van der Waals surface area contributed by atoms with Crippen molar-refractivity contribution in [1.82, 2.24) is 4.90 Å². The van der Waals surface area contributed by atoms with Gasteiger partial charge in [0, 0.05) is 30.4 Å². The molecule has 1 aromatic carbocycles. The first-order valence-electron chi connectivity index (χ1n) is 8.47. The zero-order valence-corrected chi connectivity index (χ0v) is 16.1. The number of halogens is 1. The second-order valence-electron chi connectivity index (χ2n) is 6.14. The molecule has 1 atom stereocenters. The van der Waals surface area contributed by atoms with Gasteiger partial charge in [0.05, 0.1) is 19.4 Å². The number of nitrogens with zero attached hydrogens (tertiary/aromatic N) is 2. The highest BCUT2D eigenvalue weighted by Gasteiger charge is 2.39. The molecule has 1 unspecified atom stereocenters. The maximum atomic E-state index is 13.0. The molecule has 2 amide bonds. The third-order valence-electron chi connectivity index (χ3n) is 4.43. The van der Waals surface area contributed by atoms with Gasteiger partial charge in [0.15, 0.2) is 0 Å². The van der Waals surface area contributed by atoms with Crippen molar-refractivity contribution in [2.24, 2.45) is 5.92 Å². The average Bonchev–Trinajstić information content (AvgIpc) is 3.27. The lowest BCUT2D eigenvalue weighted by Crippen LogP contribution is -2.41. The van der Waals surface area contributed by atoms with E-state index in [4.69, 9.17) is 9.15 Å². The normalized spacial score (nSPS) is 16.9. The number of ether oxygens (including phenoxy) is 1. The highest BCUT2D eigenvalue weighted by atomic mass is 79.9. The molecule has 138 valence electrons. The Morgan fingerprint density at radius 1 is 1.38 bits per heavy atom. The number of rotatable bonds is 7. The third kappa shape index (κ3) is 4.16. The van der Waals surface area contributed by atoms with Gasteiger partial charge in [0.25, 0.3) is 0 Å². The van der Waals surface area contributed by atoms with Crippen LogP contribution in [0.2, 0.25) is 0 Å². The topological polar surface area (TPSA) is 63.0 Å². The summed E-state index contributed by atoms with van der Waals surface area (Å²) in [6.07, 6.45) is 2.08. The summed E-state index contributed by atoms with van der Waals surface area (Å²) in [6, 6.07) is 11.1. The lowest BCUT2D eigenvalue weighted by Gasteiger charge is -2.24. The van der Waals surface area contributed by atoms with Gasteiger partial charge in [-0.3, -0.25) is 9.59 Å². The van der Waals surface area contributed by atoms with E-state index in [1.807, 2.05) is 30.3 Å². The number of benzene rings is 1. The van der Waals surface area contributed by atoms with Crippen molar-refractivity contribution in [3.05, 3.63) is 52.9 Å². The molecule has 0 radical (unpaired) electrons. The Hall–Kier alpha value is -2.12. The lowest BCUT2D eigenvalue weighted by molar-refractivity contribution is -0.141. The number of hydrogen-bond acceptors (Lipinski definition) is 4.